The van der Waals surface area contributed by atoms with E-state index in [1.807, 2.05) is 4.57 Å². The predicted molar refractivity (Wildman–Crippen MR) is 46.9 cm³/mol. The van der Waals surface area contributed by atoms with Gasteiger partial charge in [-0.3, -0.25) is 0 Å². The molecule has 0 N–H and O–H groups in total. The molecular weight excluding hydrogens is 192 g/mol. The zero-order valence-electron chi connectivity index (χ0n) is 7.21. The van der Waals surface area contributed by atoms with Crippen LogP contribution < -0.4 is 0 Å². The van der Waals surface area contributed by atoms with Crippen LogP contribution in [0.1, 0.15) is 22.7 Å². The van der Waals surface area contributed by atoms with Gasteiger partial charge in [-0.05, 0) is 6.42 Å². The summed E-state index contributed by atoms with van der Waals surface area (Å²) in [5.74, 6) is 0.469. The van der Waals surface area contributed by atoms with Crippen molar-refractivity contribution in [3.05, 3.63) is 16.7 Å². The number of rotatable bonds is 1. The van der Waals surface area contributed by atoms with Crippen molar-refractivity contribution in [3.63, 3.8) is 0 Å². The van der Waals surface area contributed by atoms with Gasteiger partial charge < -0.3 is 9.30 Å². The van der Waals surface area contributed by atoms with Crippen molar-refractivity contribution in [1.82, 2.24) is 9.55 Å². The van der Waals surface area contributed by atoms with Crippen molar-refractivity contribution >= 4 is 17.6 Å². The highest BCUT2D eigenvalue weighted by Crippen LogP contribution is 2.23. The molecule has 0 aliphatic carbocycles. The average Bonchev–Trinajstić information content (AvgIpc) is 2.62. The summed E-state index contributed by atoms with van der Waals surface area (Å²) < 4.78 is 6.44. The Morgan fingerprint density at radius 2 is 2.46 bits per heavy atom. The van der Waals surface area contributed by atoms with E-state index >= 15 is 0 Å². The minimum absolute atomic E-state index is 0.251. The summed E-state index contributed by atoms with van der Waals surface area (Å²) in [6, 6.07) is 0. The summed E-state index contributed by atoms with van der Waals surface area (Å²) in [5, 5.41) is 0.251. The molecule has 2 rings (SSSR count). The second kappa shape index (κ2) is 3.03. The van der Waals surface area contributed by atoms with Gasteiger partial charge in [0, 0.05) is 13.0 Å². The van der Waals surface area contributed by atoms with Crippen LogP contribution in [0.5, 0.6) is 0 Å². The van der Waals surface area contributed by atoms with Gasteiger partial charge in [-0.25, -0.2) is 9.78 Å². The molecule has 0 unspecified atom stereocenters. The Morgan fingerprint density at radius 1 is 1.69 bits per heavy atom. The number of carbonyl (C=O) groups excluding carboxylic acids is 1. The number of aryl methyl sites for hydroxylation is 1. The topological polar surface area (TPSA) is 44.1 Å². The van der Waals surface area contributed by atoms with Crippen LogP contribution in [-0.4, -0.2) is 22.6 Å². The van der Waals surface area contributed by atoms with E-state index in [-0.39, 0.29) is 5.15 Å². The molecule has 70 valence electrons. The van der Waals surface area contributed by atoms with Crippen LogP contribution in [0.15, 0.2) is 0 Å². The Bertz CT molecular complexity index is 359. The summed E-state index contributed by atoms with van der Waals surface area (Å²) in [6.07, 6.45) is 1.90. The van der Waals surface area contributed by atoms with Gasteiger partial charge in [-0.1, -0.05) is 11.6 Å². The molecule has 0 atom stereocenters. The van der Waals surface area contributed by atoms with E-state index in [1.165, 1.54) is 7.11 Å². The zero-order valence-corrected chi connectivity index (χ0v) is 7.97. The third kappa shape index (κ3) is 1.21. The first-order chi connectivity index (χ1) is 6.24. The number of carbonyl (C=O) groups is 1. The van der Waals surface area contributed by atoms with Gasteiger partial charge in [0.05, 0.1) is 7.11 Å². The lowest BCUT2D eigenvalue weighted by molar-refractivity contribution is 0.0589. The van der Waals surface area contributed by atoms with Crippen LogP contribution in [0, 0.1) is 0 Å². The predicted octanol–water partition coefficient (Wildman–Crippen LogP) is 1.27. The fraction of sp³-hybridized carbons (Fsp3) is 0.500. The van der Waals surface area contributed by atoms with Crippen molar-refractivity contribution < 1.29 is 9.53 Å². The van der Waals surface area contributed by atoms with Gasteiger partial charge in [-0.2, -0.15) is 0 Å². The van der Waals surface area contributed by atoms with Crippen LogP contribution in [-0.2, 0) is 17.7 Å². The van der Waals surface area contributed by atoms with E-state index in [2.05, 4.69) is 9.72 Å². The van der Waals surface area contributed by atoms with Crippen molar-refractivity contribution in [2.45, 2.75) is 19.4 Å². The van der Waals surface area contributed by atoms with Crippen LogP contribution in [0.3, 0.4) is 0 Å². The summed E-state index contributed by atoms with van der Waals surface area (Å²) >= 11 is 5.80. The van der Waals surface area contributed by atoms with Crippen LogP contribution in [0.25, 0.3) is 0 Å². The molecule has 0 bridgehead atoms. The largest absolute Gasteiger partial charge is 0.464 e. The zero-order chi connectivity index (χ0) is 9.42. The number of hydrogen-bond donors (Lipinski definition) is 0. The van der Waals surface area contributed by atoms with Gasteiger partial charge in [0.15, 0.2) is 10.8 Å². The van der Waals surface area contributed by atoms with Crippen LogP contribution in [0.2, 0.25) is 5.15 Å². The first-order valence-electron chi connectivity index (χ1n) is 4.07. The minimum atomic E-state index is -0.411. The van der Waals surface area contributed by atoms with Gasteiger partial charge in [0.2, 0.25) is 0 Å². The quantitative estimate of drug-likeness (QED) is 0.642. The van der Waals surface area contributed by atoms with Crippen molar-refractivity contribution in [2.75, 3.05) is 7.11 Å². The maximum atomic E-state index is 11.3. The first kappa shape index (κ1) is 8.56. The molecule has 0 saturated carbocycles. The third-order valence-electron chi connectivity index (χ3n) is 2.16. The summed E-state index contributed by atoms with van der Waals surface area (Å²) in [4.78, 5) is 15.4. The molecule has 0 aromatic carbocycles. The first-order valence-corrected chi connectivity index (χ1v) is 4.45. The van der Waals surface area contributed by atoms with E-state index in [4.69, 9.17) is 11.6 Å². The molecule has 1 aliphatic heterocycles. The van der Waals surface area contributed by atoms with E-state index < -0.39 is 5.97 Å². The van der Waals surface area contributed by atoms with E-state index in [0.29, 0.717) is 5.69 Å². The number of ether oxygens (including phenoxy) is 1. The number of imidazole rings is 1. The summed E-state index contributed by atoms with van der Waals surface area (Å²) in [5.41, 5.74) is 0.386. The lowest BCUT2D eigenvalue weighted by atomic mass is 10.4. The second-order valence-electron chi connectivity index (χ2n) is 2.91. The number of esters is 1. The molecule has 1 aliphatic rings. The average molecular weight is 201 g/mol. The van der Waals surface area contributed by atoms with E-state index in [1.54, 1.807) is 0 Å². The highest BCUT2D eigenvalue weighted by molar-refractivity contribution is 6.32. The fourth-order valence-corrected chi connectivity index (χ4v) is 1.86. The van der Waals surface area contributed by atoms with Gasteiger partial charge in [0.25, 0.3) is 0 Å². The second-order valence-corrected chi connectivity index (χ2v) is 3.27. The van der Waals surface area contributed by atoms with Crippen molar-refractivity contribution in [2.24, 2.45) is 0 Å². The molecular formula is C8H9ClN2O2. The lowest BCUT2D eigenvalue weighted by Gasteiger charge is -2.01. The highest BCUT2D eigenvalue weighted by Gasteiger charge is 2.25. The molecule has 2 heterocycles. The minimum Gasteiger partial charge on any atom is -0.464 e. The summed E-state index contributed by atoms with van der Waals surface area (Å²) in [7, 11) is 1.34. The molecule has 13 heavy (non-hydrogen) atoms. The highest BCUT2D eigenvalue weighted by atomic mass is 35.5. The Hall–Kier alpha value is -1.03. The molecule has 0 fully saturated rings. The number of methoxy groups -OCH3 is 1. The maximum Gasteiger partial charge on any atom is 0.357 e. The monoisotopic (exact) mass is 200 g/mol. The standard InChI is InChI=1S/C8H9ClN2O2/c1-13-8(12)6-7(9)10-5-3-2-4-11(5)6/h2-4H2,1H3. The smallest absolute Gasteiger partial charge is 0.357 e. The van der Waals surface area contributed by atoms with Crippen LogP contribution in [0.4, 0.5) is 0 Å². The molecule has 1 aromatic rings. The molecule has 1 aromatic heterocycles. The van der Waals surface area contributed by atoms with Gasteiger partial charge in [-0.15, -0.1) is 0 Å². The lowest BCUT2D eigenvalue weighted by Crippen LogP contribution is -2.09. The Balaban J connectivity index is 2.50. The molecule has 0 spiro atoms. The maximum absolute atomic E-state index is 11.3. The number of aromatic nitrogens is 2. The molecule has 5 heteroatoms. The van der Waals surface area contributed by atoms with Gasteiger partial charge in [0.1, 0.15) is 5.82 Å². The molecule has 4 nitrogen and oxygen atoms in total. The normalized spacial score (nSPS) is 14.3. The molecule has 0 amide bonds. The van der Waals surface area contributed by atoms with Crippen molar-refractivity contribution in [1.29, 1.82) is 0 Å². The third-order valence-corrected chi connectivity index (χ3v) is 2.43. The Labute approximate surface area is 80.5 Å². The molecule has 0 radical (unpaired) electrons. The van der Waals surface area contributed by atoms with Crippen molar-refractivity contribution in [3.8, 4) is 0 Å². The Kier molecular flexibility index (Phi) is 2.00. The number of nitrogens with zero attached hydrogens (tertiary/aromatic N) is 2. The number of hydrogen-bond acceptors (Lipinski definition) is 3. The van der Waals surface area contributed by atoms with E-state index in [9.17, 15) is 4.79 Å². The summed E-state index contributed by atoms with van der Waals surface area (Å²) in [6.45, 7) is 0.805. The van der Waals surface area contributed by atoms with E-state index in [0.717, 1.165) is 25.2 Å². The van der Waals surface area contributed by atoms with Gasteiger partial charge >= 0.3 is 5.97 Å². The number of halogens is 1. The van der Waals surface area contributed by atoms with Crippen LogP contribution >= 0.6 is 11.6 Å². The Morgan fingerprint density at radius 3 is 3.15 bits per heavy atom. The molecule has 0 saturated heterocycles. The number of fused-ring (bicyclic) bond motifs is 1. The SMILES string of the molecule is COC(=O)c1c(Cl)nc2n1CCC2. The fourth-order valence-electron chi connectivity index (χ4n) is 1.59.